The van der Waals surface area contributed by atoms with Crippen molar-refractivity contribution >= 4 is 22.6 Å². The van der Waals surface area contributed by atoms with Gasteiger partial charge < -0.3 is 24.5 Å². The number of para-hydroxylation sites is 1. The molecule has 2 heterocycles. The van der Waals surface area contributed by atoms with Crippen LogP contribution >= 0.6 is 0 Å². The van der Waals surface area contributed by atoms with E-state index in [1.165, 1.54) is 4.90 Å². The highest BCUT2D eigenvalue weighted by Gasteiger charge is 2.29. The first-order valence-electron chi connectivity index (χ1n) is 10.4. The van der Waals surface area contributed by atoms with E-state index >= 15 is 0 Å². The SMILES string of the molecule is Cc1ccccc1NC(=O)c1c(C)oc2ccc(O)c(C[NH+]3C[C@@H](C)O[C@@H](C)C3)c12. The molecule has 1 aromatic heterocycles. The summed E-state index contributed by atoms with van der Waals surface area (Å²) in [5, 5.41) is 14.4. The maximum atomic E-state index is 13.2. The first-order valence-corrected chi connectivity index (χ1v) is 10.4. The van der Waals surface area contributed by atoms with Gasteiger partial charge in [0.2, 0.25) is 0 Å². The molecule has 0 aliphatic carbocycles. The number of nitrogens with one attached hydrogen (secondary N) is 2. The smallest absolute Gasteiger partial charge is 0.259 e. The van der Waals surface area contributed by atoms with Gasteiger partial charge in [0.15, 0.2) is 0 Å². The Hall–Kier alpha value is -2.83. The number of rotatable bonds is 4. The Labute approximate surface area is 176 Å². The van der Waals surface area contributed by atoms with Gasteiger partial charge >= 0.3 is 0 Å². The molecule has 6 heteroatoms. The molecule has 4 rings (SSSR count). The van der Waals surface area contributed by atoms with Crippen molar-refractivity contribution in [3.05, 3.63) is 58.8 Å². The lowest BCUT2D eigenvalue weighted by atomic mass is 10.0. The number of amides is 1. The quantitative estimate of drug-likeness (QED) is 0.619. The summed E-state index contributed by atoms with van der Waals surface area (Å²) in [6.45, 7) is 10.2. The third-order valence-corrected chi connectivity index (χ3v) is 5.78. The fraction of sp³-hybridized carbons (Fsp3) is 0.375. The van der Waals surface area contributed by atoms with Gasteiger partial charge in [-0.15, -0.1) is 0 Å². The van der Waals surface area contributed by atoms with Gasteiger partial charge in [0.1, 0.15) is 48.9 Å². The molecule has 3 N–H and O–H groups in total. The number of fused-ring (bicyclic) bond motifs is 1. The number of phenols is 1. The number of morpholine rings is 1. The second kappa shape index (κ2) is 8.13. The Morgan fingerprint density at radius 2 is 1.83 bits per heavy atom. The standard InChI is InChI=1S/C24H28N2O4/c1-14-7-5-6-8-19(14)25-24(28)22-17(4)30-21-10-9-20(27)18(23(21)22)13-26-11-15(2)29-16(3)12-26/h5-10,15-16,27H,11-13H2,1-4H3,(H,25,28)/p+1/t15-,16+. The Morgan fingerprint density at radius 1 is 1.13 bits per heavy atom. The van der Waals surface area contributed by atoms with Crippen molar-refractivity contribution in [2.45, 2.75) is 46.4 Å². The van der Waals surface area contributed by atoms with E-state index < -0.39 is 0 Å². The van der Waals surface area contributed by atoms with Crippen molar-refractivity contribution in [3.63, 3.8) is 0 Å². The summed E-state index contributed by atoms with van der Waals surface area (Å²) in [6, 6.07) is 11.0. The number of carbonyl (C=O) groups excluding carboxylic acids is 1. The van der Waals surface area contributed by atoms with Gasteiger partial charge in [-0.2, -0.15) is 0 Å². The van der Waals surface area contributed by atoms with Crippen molar-refractivity contribution in [3.8, 4) is 5.75 Å². The third-order valence-electron chi connectivity index (χ3n) is 5.78. The van der Waals surface area contributed by atoms with Crippen LogP contribution in [0.1, 0.15) is 41.1 Å². The highest BCUT2D eigenvalue weighted by Crippen LogP contribution is 2.34. The number of benzene rings is 2. The number of ether oxygens (including phenoxy) is 1. The number of aryl methyl sites for hydroxylation is 2. The highest BCUT2D eigenvalue weighted by molar-refractivity contribution is 6.14. The van der Waals surface area contributed by atoms with E-state index in [9.17, 15) is 9.90 Å². The molecular weight excluding hydrogens is 380 g/mol. The molecule has 0 bridgehead atoms. The van der Waals surface area contributed by atoms with E-state index in [1.807, 2.05) is 31.2 Å². The average Bonchev–Trinajstić information content (AvgIpc) is 3.01. The zero-order valence-electron chi connectivity index (χ0n) is 17.9. The normalized spacial score (nSPS) is 21.7. The number of quaternary nitrogens is 1. The van der Waals surface area contributed by atoms with Gasteiger partial charge in [-0.3, -0.25) is 4.79 Å². The minimum absolute atomic E-state index is 0.153. The van der Waals surface area contributed by atoms with Crippen LogP contribution in [0.4, 0.5) is 5.69 Å². The van der Waals surface area contributed by atoms with Crippen LogP contribution in [0.3, 0.4) is 0 Å². The molecule has 30 heavy (non-hydrogen) atoms. The van der Waals surface area contributed by atoms with Crippen molar-refractivity contribution in [2.75, 3.05) is 18.4 Å². The molecule has 0 radical (unpaired) electrons. The Balaban J connectivity index is 1.73. The van der Waals surface area contributed by atoms with Gasteiger partial charge in [-0.25, -0.2) is 0 Å². The predicted molar refractivity (Wildman–Crippen MR) is 116 cm³/mol. The van der Waals surface area contributed by atoms with Gasteiger partial charge in [0.05, 0.1) is 11.1 Å². The summed E-state index contributed by atoms with van der Waals surface area (Å²) in [4.78, 5) is 14.6. The van der Waals surface area contributed by atoms with Crippen LogP contribution in [0.2, 0.25) is 0 Å². The fourth-order valence-corrected chi connectivity index (χ4v) is 4.50. The maximum absolute atomic E-state index is 13.2. The summed E-state index contributed by atoms with van der Waals surface area (Å²) in [6.07, 6.45) is 0.306. The van der Waals surface area contributed by atoms with Crippen molar-refractivity contribution in [1.82, 2.24) is 0 Å². The van der Waals surface area contributed by atoms with Gasteiger partial charge in [0, 0.05) is 11.1 Å². The van der Waals surface area contributed by atoms with Crippen molar-refractivity contribution in [1.29, 1.82) is 0 Å². The topological polar surface area (TPSA) is 76.1 Å². The summed E-state index contributed by atoms with van der Waals surface area (Å²) >= 11 is 0. The number of hydrogen-bond donors (Lipinski definition) is 3. The van der Waals surface area contributed by atoms with Crippen LogP contribution in [0, 0.1) is 13.8 Å². The second-order valence-corrected chi connectivity index (χ2v) is 8.33. The molecule has 0 spiro atoms. The molecule has 1 saturated heterocycles. The molecule has 2 aromatic carbocycles. The van der Waals surface area contributed by atoms with E-state index in [0.717, 1.165) is 29.9 Å². The summed E-state index contributed by atoms with van der Waals surface area (Å²) in [5.41, 5.74) is 3.59. The van der Waals surface area contributed by atoms with Crippen LogP contribution in [0.25, 0.3) is 11.0 Å². The maximum Gasteiger partial charge on any atom is 0.259 e. The molecule has 3 aromatic rings. The lowest BCUT2D eigenvalue weighted by Gasteiger charge is -2.32. The summed E-state index contributed by atoms with van der Waals surface area (Å²) in [7, 11) is 0. The molecule has 1 fully saturated rings. The Bertz CT molecular complexity index is 1080. The molecular formula is C24H29N2O4+. The lowest BCUT2D eigenvalue weighted by Crippen LogP contribution is -3.14. The van der Waals surface area contributed by atoms with Crippen LogP contribution in [-0.2, 0) is 11.3 Å². The number of aromatic hydroxyl groups is 1. The minimum Gasteiger partial charge on any atom is -0.507 e. The van der Waals surface area contributed by atoms with Gasteiger partial charge in [-0.1, -0.05) is 18.2 Å². The average molecular weight is 410 g/mol. The number of furan rings is 1. The van der Waals surface area contributed by atoms with E-state index in [4.69, 9.17) is 9.15 Å². The molecule has 0 saturated carbocycles. The fourth-order valence-electron chi connectivity index (χ4n) is 4.50. The molecule has 1 aliphatic rings. The number of phenolic OH excluding ortho intramolecular Hbond substituents is 1. The lowest BCUT2D eigenvalue weighted by molar-refractivity contribution is -0.928. The third kappa shape index (κ3) is 3.93. The molecule has 1 aliphatic heterocycles. The predicted octanol–water partition coefficient (Wildman–Crippen LogP) is 3.20. The zero-order chi connectivity index (χ0) is 21.4. The zero-order valence-corrected chi connectivity index (χ0v) is 17.9. The van der Waals surface area contributed by atoms with Crippen LogP contribution in [0.15, 0.2) is 40.8 Å². The molecule has 3 atom stereocenters. The van der Waals surface area contributed by atoms with E-state index in [0.29, 0.717) is 28.8 Å². The van der Waals surface area contributed by atoms with Crippen LogP contribution in [0.5, 0.6) is 5.75 Å². The monoisotopic (exact) mass is 409 g/mol. The molecule has 6 nitrogen and oxygen atoms in total. The van der Waals surface area contributed by atoms with Crippen molar-refractivity contribution in [2.24, 2.45) is 0 Å². The molecule has 158 valence electrons. The van der Waals surface area contributed by atoms with Crippen molar-refractivity contribution < 1.29 is 24.0 Å². The second-order valence-electron chi connectivity index (χ2n) is 8.33. The molecule has 1 unspecified atom stereocenters. The highest BCUT2D eigenvalue weighted by atomic mass is 16.5. The summed E-state index contributed by atoms with van der Waals surface area (Å²) in [5.74, 6) is 0.500. The minimum atomic E-state index is -0.230. The number of anilines is 1. The van der Waals surface area contributed by atoms with Crippen LogP contribution < -0.4 is 10.2 Å². The first kappa shape index (κ1) is 20.4. The molecule has 1 amide bonds. The Kier molecular flexibility index (Phi) is 5.54. The largest absolute Gasteiger partial charge is 0.507 e. The van der Waals surface area contributed by atoms with E-state index in [2.05, 4.69) is 19.2 Å². The van der Waals surface area contributed by atoms with E-state index in [-0.39, 0.29) is 23.9 Å². The van der Waals surface area contributed by atoms with E-state index in [1.54, 1.807) is 19.1 Å². The number of hydrogen-bond acceptors (Lipinski definition) is 4. The first-order chi connectivity index (χ1) is 14.3. The van der Waals surface area contributed by atoms with Gasteiger partial charge in [0.25, 0.3) is 5.91 Å². The summed E-state index contributed by atoms with van der Waals surface area (Å²) < 4.78 is 11.8. The number of carbonyl (C=O) groups is 1. The van der Waals surface area contributed by atoms with Crippen LogP contribution in [-0.4, -0.2) is 36.3 Å². The Morgan fingerprint density at radius 3 is 2.53 bits per heavy atom. The van der Waals surface area contributed by atoms with Gasteiger partial charge in [-0.05, 0) is 51.5 Å².